The van der Waals surface area contributed by atoms with Crippen LogP contribution in [0.15, 0.2) is 28.7 Å². The number of hydrogen-bond acceptors (Lipinski definition) is 3. The summed E-state index contributed by atoms with van der Waals surface area (Å²) in [6.07, 6.45) is 3.39. The van der Waals surface area contributed by atoms with Gasteiger partial charge in [-0.2, -0.15) is 0 Å². The lowest BCUT2D eigenvalue weighted by atomic mass is 10.0. The Morgan fingerprint density at radius 2 is 1.96 bits per heavy atom. The largest absolute Gasteiger partial charge is 0.353 e. The Balaban J connectivity index is 0.00000288. The highest BCUT2D eigenvalue weighted by Crippen LogP contribution is 2.25. The number of amides is 2. The van der Waals surface area contributed by atoms with Crippen LogP contribution >= 0.6 is 28.3 Å². The van der Waals surface area contributed by atoms with E-state index in [9.17, 15) is 9.59 Å². The monoisotopic (exact) mass is 417 g/mol. The third-order valence-corrected chi connectivity index (χ3v) is 4.88. The average Bonchev–Trinajstić information content (AvgIpc) is 2.94. The summed E-state index contributed by atoms with van der Waals surface area (Å²) in [7, 11) is 0. The maximum absolute atomic E-state index is 12.4. The second-order valence-corrected chi connectivity index (χ2v) is 7.03. The zero-order chi connectivity index (χ0) is 16.8. The molecule has 24 heavy (non-hydrogen) atoms. The van der Waals surface area contributed by atoms with E-state index in [1.54, 1.807) is 0 Å². The first kappa shape index (κ1) is 20.9. The first-order valence-electron chi connectivity index (χ1n) is 8.01. The number of carbonyl (C=O) groups is 2. The third kappa shape index (κ3) is 6.07. The van der Waals surface area contributed by atoms with Crippen molar-refractivity contribution in [2.75, 3.05) is 6.54 Å². The van der Waals surface area contributed by atoms with Gasteiger partial charge in [-0.25, -0.2) is 0 Å². The molecular weight excluding hydrogens is 394 g/mol. The fourth-order valence-electron chi connectivity index (χ4n) is 3.15. The summed E-state index contributed by atoms with van der Waals surface area (Å²) in [4.78, 5) is 23.8. The summed E-state index contributed by atoms with van der Waals surface area (Å²) < 4.78 is 0.962. The Kier molecular flexibility index (Phi) is 8.73. The first-order valence-corrected chi connectivity index (χ1v) is 8.81. The second kappa shape index (κ2) is 10.0. The van der Waals surface area contributed by atoms with Crippen LogP contribution in [0.2, 0.25) is 0 Å². The number of nitrogens with one attached hydrogen (secondary N) is 2. The lowest BCUT2D eigenvalue weighted by Crippen LogP contribution is -2.41. The molecular formula is C17H25BrClN3O2. The summed E-state index contributed by atoms with van der Waals surface area (Å²) in [5.41, 5.74) is 6.68. The molecule has 1 aromatic carbocycles. The molecule has 134 valence electrons. The van der Waals surface area contributed by atoms with E-state index in [0.717, 1.165) is 29.3 Å². The molecule has 4 N–H and O–H groups in total. The van der Waals surface area contributed by atoms with Gasteiger partial charge in [-0.1, -0.05) is 34.5 Å². The number of nitrogens with two attached hydrogens (primary N) is 1. The molecule has 3 unspecified atom stereocenters. The maximum atomic E-state index is 12.4. The van der Waals surface area contributed by atoms with Gasteiger partial charge in [-0.15, -0.1) is 12.4 Å². The lowest BCUT2D eigenvalue weighted by molar-refractivity contribution is -0.123. The van der Waals surface area contributed by atoms with E-state index in [2.05, 4.69) is 26.6 Å². The Morgan fingerprint density at radius 1 is 1.29 bits per heavy atom. The minimum atomic E-state index is -0.321. The van der Waals surface area contributed by atoms with E-state index < -0.39 is 0 Å². The van der Waals surface area contributed by atoms with E-state index in [1.165, 1.54) is 6.92 Å². The number of benzene rings is 1. The van der Waals surface area contributed by atoms with E-state index in [1.807, 2.05) is 24.3 Å². The molecule has 1 fully saturated rings. The smallest absolute Gasteiger partial charge is 0.222 e. The van der Waals surface area contributed by atoms with Gasteiger partial charge in [-0.05, 0) is 43.0 Å². The van der Waals surface area contributed by atoms with Gasteiger partial charge < -0.3 is 16.4 Å². The van der Waals surface area contributed by atoms with Crippen molar-refractivity contribution in [3.05, 3.63) is 34.3 Å². The molecule has 1 aliphatic rings. The van der Waals surface area contributed by atoms with Gasteiger partial charge in [0.15, 0.2) is 0 Å². The molecule has 2 amide bonds. The van der Waals surface area contributed by atoms with E-state index in [4.69, 9.17) is 5.73 Å². The van der Waals surface area contributed by atoms with Crippen LogP contribution in [0.5, 0.6) is 0 Å². The predicted molar refractivity (Wildman–Crippen MR) is 101 cm³/mol. The predicted octanol–water partition coefficient (Wildman–Crippen LogP) is 2.68. The Bertz CT molecular complexity index is 553. The van der Waals surface area contributed by atoms with Crippen molar-refractivity contribution in [2.24, 2.45) is 11.7 Å². The van der Waals surface area contributed by atoms with Crippen molar-refractivity contribution < 1.29 is 9.59 Å². The van der Waals surface area contributed by atoms with Gasteiger partial charge in [0, 0.05) is 17.4 Å². The minimum absolute atomic E-state index is 0. The van der Waals surface area contributed by atoms with Crippen molar-refractivity contribution in [1.29, 1.82) is 0 Å². The van der Waals surface area contributed by atoms with Crippen molar-refractivity contribution in [3.63, 3.8) is 0 Å². The highest BCUT2D eigenvalue weighted by Gasteiger charge is 2.28. The molecule has 5 nitrogen and oxygen atoms in total. The Labute approximate surface area is 157 Å². The zero-order valence-electron chi connectivity index (χ0n) is 13.8. The standard InChI is InChI=1S/C17H24BrN3O2.ClH/c1-11(22)20-16(12-5-7-14(18)8-6-12)9-17(23)21-15-4-2-3-13(15)10-19;/h5-8,13,15-16H,2-4,9-10,19H2,1H3,(H,20,22)(H,21,23);1H. The maximum Gasteiger partial charge on any atom is 0.222 e. The quantitative estimate of drug-likeness (QED) is 0.664. The highest BCUT2D eigenvalue weighted by atomic mass is 79.9. The number of carbonyl (C=O) groups excluding carboxylic acids is 2. The van der Waals surface area contributed by atoms with Crippen LogP contribution in [0.25, 0.3) is 0 Å². The zero-order valence-corrected chi connectivity index (χ0v) is 16.2. The van der Waals surface area contributed by atoms with Gasteiger partial charge in [0.2, 0.25) is 11.8 Å². The van der Waals surface area contributed by atoms with Crippen molar-refractivity contribution in [1.82, 2.24) is 10.6 Å². The fraction of sp³-hybridized carbons (Fsp3) is 0.529. The molecule has 0 spiro atoms. The van der Waals surface area contributed by atoms with Gasteiger partial charge in [0.1, 0.15) is 0 Å². The number of halogens is 2. The molecule has 0 heterocycles. The van der Waals surface area contributed by atoms with Gasteiger partial charge in [0.05, 0.1) is 12.5 Å². The van der Waals surface area contributed by atoms with Gasteiger partial charge >= 0.3 is 0 Å². The summed E-state index contributed by atoms with van der Waals surface area (Å²) >= 11 is 3.39. The Morgan fingerprint density at radius 3 is 2.54 bits per heavy atom. The SMILES string of the molecule is CC(=O)NC(CC(=O)NC1CCCC1CN)c1ccc(Br)cc1.Cl. The summed E-state index contributed by atoms with van der Waals surface area (Å²) in [6.45, 7) is 2.07. The molecule has 0 aromatic heterocycles. The van der Waals surface area contributed by atoms with E-state index in [0.29, 0.717) is 12.5 Å². The van der Waals surface area contributed by atoms with Gasteiger partial charge in [-0.3, -0.25) is 9.59 Å². The molecule has 1 aromatic rings. The molecule has 0 bridgehead atoms. The topological polar surface area (TPSA) is 84.2 Å². The second-order valence-electron chi connectivity index (χ2n) is 6.11. The molecule has 0 radical (unpaired) electrons. The Hall–Kier alpha value is -1.11. The summed E-state index contributed by atoms with van der Waals surface area (Å²) in [5, 5.41) is 5.94. The molecule has 0 aliphatic heterocycles. The molecule has 1 aliphatic carbocycles. The minimum Gasteiger partial charge on any atom is -0.353 e. The lowest BCUT2D eigenvalue weighted by Gasteiger charge is -2.22. The number of hydrogen-bond donors (Lipinski definition) is 3. The van der Waals surface area contributed by atoms with Crippen LogP contribution in [0.1, 0.15) is 44.2 Å². The van der Waals surface area contributed by atoms with Crippen molar-refractivity contribution >= 4 is 40.2 Å². The van der Waals surface area contributed by atoms with Crippen LogP contribution in [-0.2, 0) is 9.59 Å². The summed E-state index contributed by atoms with van der Waals surface area (Å²) in [6, 6.07) is 7.48. The van der Waals surface area contributed by atoms with E-state index in [-0.39, 0.29) is 42.7 Å². The van der Waals surface area contributed by atoms with Crippen molar-refractivity contribution in [3.8, 4) is 0 Å². The van der Waals surface area contributed by atoms with Crippen LogP contribution in [0, 0.1) is 5.92 Å². The van der Waals surface area contributed by atoms with Crippen LogP contribution in [0.3, 0.4) is 0 Å². The van der Waals surface area contributed by atoms with Crippen LogP contribution in [0.4, 0.5) is 0 Å². The van der Waals surface area contributed by atoms with Crippen molar-refractivity contribution in [2.45, 2.75) is 44.7 Å². The number of rotatable bonds is 6. The molecule has 3 atom stereocenters. The molecule has 1 saturated carbocycles. The fourth-order valence-corrected chi connectivity index (χ4v) is 3.42. The van der Waals surface area contributed by atoms with Gasteiger partial charge in [0.25, 0.3) is 0 Å². The normalized spacial score (nSPS) is 20.8. The summed E-state index contributed by atoms with van der Waals surface area (Å²) in [5.74, 6) is 0.175. The third-order valence-electron chi connectivity index (χ3n) is 4.35. The van der Waals surface area contributed by atoms with Crippen LogP contribution < -0.4 is 16.4 Å². The molecule has 7 heteroatoms. The molecule has 0 saturated heterocycles. The average molecular weight is 419 g/mol. The molecule has 2 rings (SSSR count). The van der Waals surface area contributed by atoms with Crippen LogP contribution in [-0.4, -0.2) is 24.4 Å². The first-order chi connectivity index (χ1) is 11.0. The highest BCUT2D eigenvalue weighted by molar-refractivity contribution is 9.10. The van der Waals surface area contributed by atoms with E-state index >= 15 is 0 Å².